The van der Waals surface area contributed by atoms with E-state index in [9.17, 15) is 14.4 Å². The van der Waals surface area contributed by atoms with Gasteiger partial charge in [0.25, 0.3) is 0 Å². The van der Waals surface area contributed by atoms with E-state index in [1.807, 2.05) is 32.0 Å². The molecule has 184 valence electrons. The molecular formula is C26H41N3O4. The lowest BCUT2D eigenvalue weighted by atomic mass is 9.93. The number of rotatable bonds is 9. The van der Waals surface area contributed by atoms with Crippen molar-refractivity contribution in [3.8, 4) is 0 Å². The second kappa shape index (κ2) is 11.0. The topological polar surface area (TPSA) is 87.7 Å². The van der Waals surface area contributed by atoms with Gasteiger partial charge in [-0.3, -0.25) is 9.59 Å². The number of alkyl carbamates (subject to hydrolysis) is 1. The molecule has 1 aromatic rings. The van der Waals surface area contributed by atoms with Crippen LogP contribution in [0.1, 0.15) is 83.5 Å². The molecule has 1 aromatic carbocycles. The lowest BCUT2D eigenvalue weighted by Gasteiger charge is -2.35. The number of aryl methyl sites for hydroxylation is 2. The summed E-state index contributed by atoms with van der Waals surface area (Å²) in [4.78, 5) is 41.3. The number of nitrogens with zero attached hydrogens (tertiary/aromatic N) is 1. The van der Waals surface area contributed by atoms with Crippen molar-refractivity contribution in [2.24, 2.45) is 5.92 Å². The van der Waals surface area contributed by atoms with Crippen LogP contribution in [0.15, 0.2) is 18.2 Å². The van der Waals surface area contributed by atoms with Gasteiger partial charge < -0.3 is 20.3 Å². The van der Waals surface area contributed by atoms with E-state index in [2.05, 4.69) is 24.5 Å². The molecule has 0 heterocycles. The number of unbranched alkanes of at least 4 members (excludes halogenated alkanes) is 1. The highest BCUT2D eigenvalue weighted by Crippen LogP contribution is 2.41. The first kappa shape index (κ1) is 26.7. The van der Waals surface area contributed by atoms with E-state index in [4.69, 9.17) is 4.74 Å². The predicted molar refractivity (Wildman–Crippen MR) is 130 cm³/mol. The van der Waals surface area contributed by atoms with Crippen LogP contribution >= 0.6 is 0 Å². The maximum atomic E-state index is 13.7. The minimum Gasteiger partial charge on any atom is -0.444 e. The van der Waals surface area contributed by atoms with Crippen LogP contribution in [-0.4, -0.2) is 47.0 Å². The third kappa shape index (κ3) is 7.21. The SMILES string of the molecule is CCCCNC(=O)C(c1c(C)cccc1C)N(C(=O)C(C)NC(=O)OC(C)(C)C)C1CC1C. The Bertz CT molecular complexity index is 841. The van der Waals surface area contributed by atoms with Crippen molar-refractivity contribution in [1.82, 2.24) is 15.5 Å². The fourth-order valence-corrected chi connectivity index (χ4v) is 4.08. The van der Waals surface area contributed by atoms with Crippen LogP contribution in [0.5, 0.6) is 0 Å². The van der Waals surface area contributed by atoms with Gasteiger partial charge in [0.15, 0.2) is 0 Å². The van der Waals surface area contributed by atoms with Crippen molar-refractivity contribution in [3.05, 3.63) is 34.9 Å². The molecule has 4 unspecified atom stereocenters. The van der Waals surface area contributed by atoms with E-state index >= 15 is 0 Å². The van der Waals surface area contributed by atoms with Crippen LogP contribution in [0.25, 0.3) is 0 Å². The smallest absolute Gasteiger partial charge is 0.408 e. The van der Waals surface area contributed by atoms with Crippen molar-refractivity contribution in [1.29, 1.82) is 0 Å². The maximum Gasteiger partial charge on any atom is 0.408 e. The number of carbonyl (C=O) groups excluding carboxylic acids is 3. The van der Waals surface area contributed by atoms with Crippen molar-refractivity contribution in [2.75, 3.05) is 6.54 Å². The van der Waals surface area contributed by atoms with E-state index in [-0.39, 0.29) is 23.8 Å². The van der Waals surface area contributed by atoms with Crippen LogP contribution in [0.2, 0.25) is 0 Å². The molecule has 0 aliphatic heterocycles. The lowest BCUT2D eigenvalue weighted by molar-refractivity contribution is -0.143. The second-order valence-corrected chi connectivity index (χ2v) is 10.2. The summed E-state index contributed by atoms with van der Waals surface area (Å²) >= 11 is 0. The van der Waals surface area contributed by atoms with Crippen LogP contribution in [-0.2, 0) is 14.3 Å². The Labute approximate surface area is 198 Å². The molecule has 2 rings (SSSR count). The highest BCUT2D eigenvalue weighted by Gasteiger charge is 2.48. The normalized spacial score (nSPS) is 19.3. The molecule has 0 spiro atoms. The average Bonchev–Trinajstić information content (AvgIpc) is 3.41. The zero-order valence-electron chi connectivity index (χ0n) is 21.5. The Morgan fingerprint density at radius 1 is 1.18 bits per heavy atom. The summed E-state index contributed by atoms with van der Waals surface area (Å²) in [5, 5.41) is 5.69. The molecule has 4 atom stereocenters. The highest BCUT2D eigenvalue weighted by molar-refractivity contribution is 5.92. The fourth-order valence-electron chi connectivity index (χ4n) is 4.08. The molecule has 2 N–H and O–H groups in total. The van der Waals surface area contributed by atoms with E-state index in [0.717, 1.165) is 36.0 Å². The summed E-state index contributed by atoms with van der Waals surface area (Å²) in [6.07, 6.45) is 2.01. The number of benzene rings is 1. The Morgan fingerprint density at radius 2 is 1.76 bits per heavy atom. The van der Waals surface area contributed by atoms with Crippen LogP contribution in [0.4, 0.5) is 4.79 Å². The molecule has 0 radical (unpaired) electrons. The maximum absolute atomic E-state index is 13.7. The molecule has 0 aromatic heterocycles. The summed E-state index contributed by atoms with van der Waals surface area (Å²) in [5.41, 5.74) is 2.11. The van der Waals surface area contributed by atoms with E-state index in [1.54, 1.807) is 32.6 Å². The van der Waals surface area contributed by atoms with Gasteiger partial charge in [0.1, 0.15) is 17.7 Å². The second-order valence-electron chi connectivity index (χ2n) is 10.2. The van der Waals surface area contributed by atoms with Crippen LogP contribution in [0, 0.1) is 19.8 Å². The molecule has 33 heavy (non-hydrogen) atoms. The first-order valence-corrected chi connectivity index (χ1v) is 12.0. The summed E-state index contributed by atoms with van der Waals surface area (Å²) in [6, 6.07) is 4.25. The predicted octanol–water partition coefficient (Wildman–Crippen LogP) is 4.41. The Morgan fingerprint density at radius 3 is 2.24 bits per heavy atom. The van der Waals surface area contributed by atoms with Gasteiger partial charge in [-0.15, -0.1) is 0 Å². The van der Waals surface area contributed by atoms with Crippen molar-refractivity contribution in [2.45, 2.75) is 98.4 Å². The molecule has 1 aliphatic carbocycles. The number of ether oxygens (including phenoxy) is 1. The summed E-state index contributed by atoms with van der Waals surface area (Å²) in [7, 11) is 0. The van der Waals surface area contributed by atoms with Gasteiger partial charge in [0, 0.05) is 12.6 Å². The molecule has 7 heteroatoms. The molecule has 1 aliphatic rings. The molecule has 0 bridgehead atoms. The minimum atomic E-state index is -0.831. The third-order valence-electron chi connectivity index (χ3n) is 5.95. The van der Waals surface area contributed by atoms with Gasteiger partial charge in [-0.1, -0.05) is 38.5 Å². The number of hydrogen-bond acceptors (Lipinski definition) is 4. The zero-order chi connectivity index (χ0) is 24.9. The minimum absolute atomic E-state index is 0.0543. The quantitative estimate of drug-likeness (QED) is 0.536. The number of hydrogen-bond donors (Lipinski definition) is 2. The van der Waals surface area contributed by atoms with E-state index < -0.39 is 23.8 Å². The van der Waals surface area contributed by atoms with Gasteiger partial charge in [-0.2, -0.15) is 0 Å². The van der Waals surface area contributed by atoms with Gasteiger partial charge in [-0.25, -0.2) is 4.79 Å². The molecule has 1 saturated carbocycles. The lowest BCUT2D eigenvalue weighted by Crippen LogP contribution is -2.53. The Hall–Kier alpha value is -2.57. The fraction of sp³-hybridized carbons (Fsp3) is 0.654. The zero-order valence-corrected chi connectivity index (χ0v) is 21.5. The van der Waals surface area contributed by atoms with Crippen molar-refractivity contribution >= 4 is 17.9 Å². The van der Waals surface area contributed by atoms with Gasteiger partial charge in [0.2, 0.25) is 11.8 Å². The number of carbonyl (C=O) groups is 3. The Kier molecular flexibility index (Phi) is 8.92. The Balaban J connectivity index is 2.41. The van der Waals surface area contributed by atoms with Crippen molar-refractivity contribution in [3.63, 3.8) is 0 Å². The molecular weight excluding hydrogens is 418 g/mol. The number of nitrogens with one attached hydrogen (secondary N) is 2. The average molecular weight is 460 g/mol. The monoisotopic (exact) mass is 459 g/mol. The van der Waals surface area contributed by atoms with E-state index in [0.29, 0.717) is 6.54 Å². The van der Waals surface area contributed by atoms with E-state index in [1.165, 1.54) is 0 Å². The molecule has 7 nitrogen and oxygen atoms in total. The summed E-state index contributed by atoms with van der Waals surface area (Å²) in [6.45, 7) is 15.6. The molecule has 3 amide bonds. The first-order chi connectivity index (χ1) is 15.4. The largest absolute Gasteiger partial charge is 0.444 e. The van der Waals surface area contributed by atoms with Gasteiger partial charge >= 0.3 is 6.09 Å². The molecule has 0 saturated heterocycles. The van der Waals surface area contributed by atoms with Crippen LogP contribution < -0.4 is 10.6 Å². The molecule has 1 fully saturated rings. The van der Waals surface area contributed by atoms with Gasteiger partial charge in [-0.05, 0) is 77.0 Å². The first-order valence-electron chi connectivity index (χ1n) is 12.0. The number of amides is 3. The van der Waals surface area contributed by atoms with Crippen LogP contribution in [0.3, 0.4) is 0 Å². The van der Waals surface area contributed by atoms with Gasteiger partial charge in [0.05, 0.1) is 0 Å². The highest BCUT2D eigenvalue weighted by atomic mass is 16.6. The van der Waals surface area contributed by atoms with Crippen molar-refractivity contribution < 1.29 is 19.1 Å². The summed E-state index contributed by atoms with van der Waals surface area (Å²) < 4.78 is 5.33. The third-order valence-corrected chi connectivity index (χ3v) is 5.95. The summed E-state index contributed by atoms with van der Waals surface area (Å²) in [5.74, 6) is -0.177. The standard InChI is InChI=1S/C26H41N3O4/c1-9-10-14-27-23(30)22(21-16(2)12-11-13-17(21)3)29(20-15-18(20)4)24(31)19(5)28-25(32)33-26(6,7)8/h11-13,18-20,22H,9-10,14-15H2,1-8H3,(H,27,30)(H,28,32).